The SMILES string of the molecule is CCCCCCCCCCCCCCCCC(CCCCCCC(=O)O)OC(=O)CCCCCCCCCCCCC. The Morgan fingerprint density at radius 3 is 1.05 bits per heavy atom. The largest absolute Gasteiger partial charge is 0.481 e. The average Bonchev–Trinajstić information content (AvgIpc) is 2.97. The summed E-state index contributed by atoms with van der Waals surface area (Å²) in [5, 5.41) is 8.83. The second-order valence-corrected chi connectivity index (χ2v) is 13.1. The van der Waals surface area contributed by atoms with Crippen LogP contribution in [0, 0.1) is 0 Å². The van der Waals surface area contributed by atoms with Gasteiger partial charge >= 0.3 is 11.9 Å². The van der Waals surface area contributed by atoms with Crippen molar-refractivity contribution in [3.05, 3.63) is 0 Å². The second kappa shape index (κ2) is 34.4. The molecule has 1 N–H and O–H groups in total. The molecule has 0 radical (unpaired) electrons. The number of aliphatic carboxylic acids is 1. The molecule has 0 aliphatic rings. The van der Waals surface area contributed by atoms with Crippen LogP contribution in [0.3, 0.4) is 0 Å². The van der Waals surface area contributed by atoms with Crippen molar-refractivity contribution in [2.45, 2.75) is 232 Å². The van der Waals surface area contributed by atoms with Gasteiger partial charge in [-0.3, -0.25) is 9.59 Å². The average molecular weight is 595 g/mol. The van der Waals surface area contributed by atoms with Crippen LogP contribution in [0.5, 0.6) is 0 Å². The molecule has 0 heterocycles. The maximum atomic E-state index is 12.6. The molecule has 0 aliphatic carbocycles. The van der Waals surface area contributed by atoms with E-state index in [1.807, 2.05) is 0 Å². The molecular formula is C38H74O4. The van der Waals surface area contributed by atoms with Gasteiger partial charge in [0.1, 0.15) is 6.10 Å². The summed E-state index contributed by atoms with van der Waals surface area (Å²) in [6, 6.07) is 0. The minimum atomic E-state index is -0.706. The van der Waals surface area contributed by atoms with E-state index in [1.54, 1.807) is 0 Å². The summed E-state index contributed by atoms with van der Waals surface area (Å²) < 4.78 is 5.97. The highest BCUT2D eigenvalue weighted by Crippen LogP contribution is 2.19. The fraction of sp³-hybridized carbons (Fsp3) is 0.947. The van der Waals surface area contributed by atoms with Crippen LogP contribution < -0.4 is 0 Å². The molecular weight excluding hydrogens is 520 g/mol. The van der Waals surface area contributed by atoms with Crippen LogP contribution in [0.2, 0.25) is 0 Å². The number of carbonyl (C=O) groups excluding carboxylic acids is 1. The standard InChI is InChI=1S/C38H74O4/c1-3-5-7-9-11-13-15-16-17-19-20-22-24-28-32-36(33-29-26-27-30-34-37(39)40)42-38(41)35-31-25-23-21-18-14-12-10-8-6-4-2/h36H,3-35H2,1-2H3,(H,39,40). The van der Waals surface area contributed by atoms with Crippen LogP contribution in [-0.4, -0.2) is 23.1 Å². The van der Waals surface area contributed by atoms with Crippen molar-refractivity contribution in [3.8, 4) is 0 Å². The molecule has 250 valence electrons. The normalized spacial score (nSPS) is 12.0. The Labute approximate surface area is 262 Å². The van der Waals surface area contributed by atoms with Gasteiger partial charge in [-0.15, -0.1) is 0 Å². The van der Waals surface area contributed by atoms with Crippen LogP contribution in [-0.2, 0) is 14.3 Å². The number of unbranched alkanes of at least 4 members (excludes halogenated alkanes) is 26. The first-order valence-corrected chi connectivity index (χ1v) is 19.0. The summed E-state index contributed by atoms with van der Waals surface area (Å²) in [5.74, 6) is -0.714. The zero-order valence-electron chi connectivity index (χ0n) is 28.6. The summed E-state index contributed by atoms with van der Waals surface area (Å²) >= 11 is 0. The Morgan fingerprint density at radius 2 is 0.714 bits per heavy atom. The number of esters is 1. The predicted octanol–water partition coefficient (Wildman–Crippen LogP) is 12.9. The second-order valence-electron chi connectivity index (χ2n) is 13.1. The fourth-order valence-electron chi connectivity index (χ4n) is 6.01. The molecule has 0 amide bonds. The van der Waals surface area contributed by atoms with Gasteiger partial charge in [0.25, 0.3) is 0 Å². The Hall–Kier alpha value is -1.06. The van der Waals surface area contributed by atoms with E-state index in [4.69, 9.17) is 9.84 Å². The molecule has 0 fully saturated rings. The van der Waals surface area contributed by atoms with Crippen LogP contribution in [0.4, 0.5) is 0 Å². The van der Waals surface area contributed by atoms with Gasteiger partial charge in [-0.25, -0.2) is 0 Å². The van der Waals surface area contributed by atoms with Gasteiger partial charge in [0, 0.05) is 12.8 Å². The first-order valence-electron chi connectivity index (χ1n) is 19.0. The van der Waals surface area contributed by atoms with E-state index in [-0.39, 0.29) is 18.5 Å². The zero-order valence-corrected chi connectivity index (χ0v) is 28.6. The van der Waals surface area contributed by atoms with E-state index in [1.165, 1.54) is 141 Å². The monoisotopic (exact) mass is 595 g/mol. The highest BCUT2D eigenvalue weighted by molar-refractivity contribution is 5.69. The van der Waals surface area contributed by atoms with Crippen molar-refractivity contribution in [1.29, 1.82) is 0 Å². The van der Waals surface area contributed by atoms with Crippen molar-refractivity contribution in [2.24, 2.45) is 0 Å². The first kappa shape index (κ1) is 40.9. The lowest BCUT2D eigenvalue weighted by atomic mass is 10.0. The minimum Gasteiger partial charge on any atom is -0.481 e. The molecule has 0 saturated heterocycles. The maximum Gasteiger partial charge on any atom is 0.306 e. The molecule has 0 spiro atoms. The van der Waals surface area contributed by atoms with E-state index in [2.05, 4.69) is 13.8 Å². The zero-order chi connectivity index (χ0) is 30.8. The van der Waals surface area contributed by atoms with Crippen LogP contribution >= 0.6 is 0 Å². The fourth-order valence-corrected chi connectivity index (χ4v) is 6.01. The van der Waals surface area contributed by atoms with Gasteiger partial charge < -0.3 is 9.84 Å². The van der Waals surface area contributed by atoms with E-state index in [0.29, 0.717) is 6.42 Å². The van der Waals surface area contributed by atoms with Crippen LogP contribution in [0.15, 0.2) is 0 Å². The third kappa shape index (κ3) is 33.4. The van der Waals surface area contributed by atoms with Gasteiger partial charge in [0.05, 0.1) is 0 Å². The molecule has 42 heavy (non-hydrogen) atoms. The molecule has 0 saturated carbocycles. The van der Waals surface area contributed by atoms with E-state index >= 15 is 0 Å². The summed E-state index contributed by atoms with van der Waals surface area (Å²) in [6.07, 6.45) is 39.7. The van der Waals surface area contributed by atoms with Crippen molar-refractivity contribution in [3.63, 3.8) is 0 Å². The van der Waals surface area contributed by atoms with E-state index in [9.17, 15) is 9.59 Å². The lowest BCUT2D eigenvalue weighted by molar-refractivity contribution is -0.150. The van der Waals surface area contributed by atoms with Crippen molar-refractivity contribution < 1.29 is 19.4 Å². The predicted molar refractivity (Wildman–Crippen MR) is 181 cm³/mol. The lowest BCUT2D eigenvalue weighted by Crippen LogP contribution is -2.18. The summed E-state index contributed by atoms with van der Waals surface area (Å²) in [7, 11) is 0. The summed E-state index contributed by atoms with van der Waals surface area (Å²) in [6.45, 7) is 4.55. The van der Waals surface area contributed by atoms with Crippen LogP contribution in [0.25, 0.3) is 0 Å². The van der Waals surface area contributed by atoms with E-state index in [0.717, 1.165) is 57.8 Å². The quantitative estimate of drug-likeness (QED) is 0.0585. The van der Waals surface area contributed by atoms with Gasteiger partial charge in [-0.05, 0) is 38.5 Å². The molecule has 0 aromatic heterocycles. The number of hydrogen-bond donors (Lipinski definition) is 1. The topological polar surface area (TPSA) is 63.6 Å². The highest BCUT2D eigenvalue weighted by atomic mass is 16.5. The lowest BCUT2D eigenvalue weighted by Gasteiger charge is -2.18. The molecule has 1 atom stereocenters. The molecule has 0 bridgehead atoms. The number of carbonyl (C=O) groups is 2. The molecule has 4 heteroatoms. The molecule has 0 aromatic carbocycles. The number of ether oxygens (including phenoxy) is 1. The van der Waals surface area contributed by atoms with Gasteiger partial charge in [-0.1, -0.05) is 174 Å². The summed E-state index contributed by atoms with van der Waals surface area (Å²) in [5.41, 5.74) is 0. The Morgan fingerprint density at radius 1 is 0.429 bits per heavy atom. The number of carboxylic acid groups (broad SMARTS) is 1. The molecule has 0 aromatic rings. The summed E-state index contributed by atoms with van der Waals surface area (Å²) in [4.78, 5) is 23.3. The van der Waals surface area contributed by atoms with Crippen molar-refractivity contribution in [2.75, 3.05) is 0 Å². The molecule has 0 rings (SSSR count). The third-order valence-corrected chi connectivity index (χ3v) is 8.83. The Kier molecular flexibility index (Phi) is 33.6. The van der Waals surface area contributed by atoms with Crippen molar-refractivity contribution in [1.82, 2.24) is 0 Å². The van der Waals surface area contributed by atoms with E-state index < -0.39 is 5.97 Å². The number of rotatable bonds is 35. The molecule has 4 nitrogen and oxygen atoms in total. The van der Waals surface area contributed by atoms with Gasteiger partial charge in [-0.2, -0.15) is 0 Å². The third-order valence-electron chi connectivity index (χ3n) is 8.83. The minimum absolute atomic E-state index is 0.00725. The Bertz CT molecular complexity index is 561. The Balaban J connectivity index is 3.97. The van der Waals surface area contributed by atoms with Crippen LogP contribution in [0.1, 0.15) is 226 Å². The molecule has 0 aliphatic heterocycles. The van der Waals surface area contributed by atoms with Gasteiger partial charge in [0.2, 0.25) is 0 Å². The number of hydrogen-bond acceptors (Lipinski definition) is 3. The van der Waals surface area contributed by atoms with Gasteiger partial charge in [0.15, 0.2) is 0 Å². The highest BCUT2D eigenvalue weighted by Gasteiger charge is 2.14. The first-order chi connectivity index (χ1) is 20.6. The molecule has 1 unspecified atom stereocenters. The van der Waals surface area contributed by atoms with Crippen molar-refractivity contribution >= 4 is 11.9 Å². The smallest absolute Gasteiger partial charge is 0.306 e. The number of carboxylic acids is 1. The maximum absolute atomic E-state index is 12.6.